The molecule has 0 unspecified atom stereocenters. The van der Waals surface area contributed by atoms with Crippen LogP contribution in [0.1, 0.15) is 12.5 Å². The van der Waals surface area contributed by atoms with Gasteiger partial charge < -0.3 is 14.3 Å². The zero-order valence-electron chi connectivity index (χ0n) is 8.90. The summed E-state index contributed by atoms with van der Waals surface area (Å²) in [7, 11) is 0. The lowest BCUT2D eigenvalue weighted by atomic mass is 10.1. The molecule has 0 aliphatic rings. The third-order valence-electron chi connectivity index (χ3n) is 2.28. The van der Waals surface area contributed by atoms with Gasteiger partial charge in [0.1, 0.15) is 11.3 Å². The second kappa shape index (κ2) is 4.37. The first-order chi connectivity index (χ1) is 7.76. The summed E-state index contributed by atoms with van der Waals surface area (Å²) in [6, 6.07) is 6.49. The van der Waals surface area contributed by atoms with Gasteiger partial charge in [-0.05, 0) is 24.6 Å². The predicted molar refractivity (Wildman–Crippen MR) is 59.6 cm³/mol. The zero-order chi connectivity index (χ0) is 11.5. The van der Waals surface area contributed by atoms with Crippen LogP contribution in [-0.4, -0.2) is 11.7 Å². The first kappa shape index (κ1) is 10.7. The van der Waals surface area contributed by atoms with Crippen molar-refractivity contribution in [1.82, 2.24) is 0 Å². The molecule has 16 heavy (non-hydrogen) atoms. The number of benzene rings is 1. The molecule has 0 radical (unpaired) electrons. The fourth-order valence-electron chi connectivity index (χ4n) is 1.67. The van der Waals surface area contributed by atoms with Gasteiger partial charge in [0.15, 0.2) is 0 Å². The minimum Gasteiger partial charge on any atom is -0.493 e. The molecular formula is C12H12O4. The molecule has 2 aromatic rings. The predicted octanol–water partition coefficient (Wildman–Crippen LogP) is 1.68. The highest BCUT2D eigenvalue weighted by molar-refractivity contribution is 5.86. The van der Waals surface area contributed by atoms with Crippen molar-refractivity contribution >= 4 is 11.0 Å². The highest BCUT2D eigenvalue weighted by Gasteiger charge is 2.09. The molecule has 4 nitrogen and oxygen atoms in total. The summed E-state index contributed by atoms with van der Waals surface area (Å²) < 4.78 is 10.5. The van der Waals surface area contributed by atoms with E-state index in [9.17, 15) is 9.90 Å². The highest BCUT2D eigenvalue weighted by atomic mass is 16.5. The summed E-state index contributed by atoms with van der Waals surface area (Å²) in [6.45, 7) is 2.17. The second-order valence-electron chi connectivity index (χ2n) is 3.31. The molecule has 1 heterocycles. The summed E-state index contributed by atoms with van der Waals surface area (Å²) >= 11 is 0. The van der Waals surface area contributed by atoms with Crippen molar-refractivity contribution in [3.8, 4) is 5.75 Å². The lowest BCUT2D eigenvalue weighted by Gasteiger charge is -2.08. The van der Waals surface area contributed by atoms with Crippen LogP contribution in [0.5, 0.6) is 5.75 Å². The molecule has 4 heteroatoms. The summed E-state index contributed by atoms with van der Waals surface area (Å²) in [5.41, 5.74) is 0.489. The molecule has 0 fully saturated rings. The van der Waals surface area contributed by atoms with Crippen LogP contribution in [0.4, 0.5) is 0 Å². The van der Waals surface area contributed by atoms with E-state index in [-0.39, 0.29) is 6.61 Å². The monoisotopic (exact) mass is 220 g/mol. The SMILES string of the molecule is CCOc1cccc2oc(=O)cc(CO)c12. The van der Waals surface area contributed by atoms with Crippen LogP contribution in [0.3, 0.4) is 0 Å². The molecule has 0 saturated heterocycles. The van der Waals surface area contributed by atoms with Crippen LogP contribution < -0.4 is 10.4 Å². The minimum atomic E-state index is -0.467. The molecule has 0 saturated carbocycles. The van der Waals surface area contributed by atoms with E-state index in [2.05, 4.69) is 0 Å². The minimum absolute atomic E-state index is 0.216. The van der Waals surface area contributed by atoms with Gasteiger partial charge in [0, 0.05) is 6.07 Å². The smallest absolute Gasteiger partial charge is 0.336 e. The van der Waals surface area contributed by atoms with Crippen molar-refractivity contribution in [2.24, 2.45) is 0 Å². The number of hydrogen-bond acceptors (Lipinski definition) is 4. The van der Waals surface area contributed by atoms with E-state index in [1.54, 1.807) is 18.2 Å². The van der Waals surface area contributed by atoms with Crippen LogP contribution in [-0.2, 0) is 6.61 Å². The maximum atomic E-state index is 11.2. The van der Waals surface area contributed by atoms with Crippen LogP contribution in [0, 0.1) is 0 Å². The molecule has 1 aromatic heterocycles. The number of fused-ring (bicyclic) bond motifs is 1. The summed E-state index contributed by atoms with van der Waals surface area (Å²) in [4.78, 5) is 11.2. The molecule has 0 amide bonds. The van der Waals surface area contributed by atoms with Crippen molar-refractivity contribution in [2.45, 2.75) is 13.5 Å². The largest absolute Gasteiger partial charge is 0.493 e. The quantitative estimate of drug-likeness (QED) is 0.799. The van der Waals surface area contributed by atoms with E-state index in [4.69, 9.17) is 9.15 Å². The maximum Gasteiger partial charge on any atom is 0.336 e. The first-order valence-electron chi connectivity index (χ1n) is 5.05. The van der Waals surface area contributed by atoms with Crippen molar-refractivity contribution < 1.29 is 14.3 Å². The standard InChI is InChI=1S/C12H12O4/c1-2-15-9-4-3-5-10-12(9)8(7-13)6-11(14)16-10/h3-6,13H,2,7H2,1H3. The Balaban J connectivity index is 2.78. The number of rotatable bonds is 3. The Labute approximate surface area is 92.1 Å². The fraction of sp³-hybridized carbons (Fsp3) is 0.250. The Kier molecular flexibility index (Phi) is 2.92. The van der Waals surface area contributed by atoms with Crippen LogP contribution in [0.25, 0.3) is 11.0 Å². The van der Waals surface area contributed by atoms with E-state index >= 15 is 0 Å². The molecule has 2 rings (SSSR count). The van der Waals surface area contributed by atoms with E-state index in [0.29, 0.717) is 28.9 Å². The van der Waals surface area contributed by atoms with Crippen LogP contribution in [0.15, 0.2) is 33.5 Å². The van der Waals surface area contributed by atoms with Gasteiger partial charge in [0.05, 0.1) is 18.6 Å². The van der Waals surface area contributed by atoms with Gasteiger partial charge in [-0.2, -0.15) is 0 Å². The van der Waals surface area contributed by atoms with Gasteiger partial charge >= 0.3 is 5.63 Å². The first-order valence-corrected chi connectivity index (χ1v) is 5.05. The van der Waals surface area contributed by atoms with Crippen molar-refractivity contribution in [1.29, 1.82) is 0 Å². The van der Waals surface area contributed by atoms with E-state index in [0.717, 1.165) is 0 Å². The van der Waals surface area contributed by atoms with Gasteiger partial charge in [-0.25, -0.2) is 4.79 Å². The van der Waals surface area contributed by atoms with Crippen molar-refractivity contribution in [3.05, 3.63) is 40.2 Å². The average molecular weight is 220 g/mol. The Morgan fingerprint density at radius 3 is 2.94 bits per heavy atom. The lowest BCUT2D eigenvalue weighted by Crippen LogP contribution is -2.02. The normalized spacial score (nSPS) is 10.6. The molecule has 0 aliphatic heterocycles. The molecular weight excluding hydrogens is 208 g/mol. The maximum absolute atomic E-state index is 11.2. The number of aliphatic hydroxyl groups excluding tert-OH is 1. The van der Waals surface area contributed by atoms with E-state index < -0.39 is 5.63 Å². The summed E-state index contributed by atoms with van der Waals surface area (Å²) in [5, 5.41) is 9.88. The fourth-order valence-corrected chi connectivity index (χ4v) is 1.67. The Bertz CT molecular complexity index is 556. The molecule has 1 N–H and O–H groups in total. The topological polar surface area (TPSA) is 59.7 Å². The van der Waals surface area contributed by atoms with Crippen molar-refractivity contribution in [3.63, 3.8) is 0 Å². The Morgan fingerprint density at radius 1 is 1.44 bits per heavy atom. The van der Waals surface area contributed by atoms with Gasteiger partial charge in [-0.3, -0.25) is 0 Å². The highest BCUT2D eigenvalue weighted by Crippen LogP contribution is 2.27. The van der Waals surface area contributed by atoms with Crippen molar-refractivity contribution in [2.75, 3.05) is 6.61 Å². The third kappa shape index (κ3) is 1.79. The molecule has 0 bridgehead atoms. The number of aliphatic hydroxyl groups is 1. The van der Waals surface area contributed by atoms with E-state index in [1.165, 1.54) is 6.07 Å². The van der Waals surface area contributed by atoms with E-state index in [1.807, 2.05) is 6.92 Å². The molecule has 0 aliphatic carbocycles. The van der Waals surface area contributed by atoms with Gasteiger partial charge in [-0.1, -0.05) is 6.07 Å². The zero-order valence-corrected chi connectivity index (χ0v) is 8.90. The van der Waals surface area contributed by atoms with Gasteiger partial charge in [0.25, 0.3) is 0 Å². The van der Waals surface area contributed by atoms with Gasteiger partial charge in [0.2, 0.25) is 0 Å². The number of hydrogen-bond donors (Lipinski definition) is 1. The molecule has 84 valence electrons. The number of ether oxygens (including phenoxy) is 1. The molecule has 1 aromatic carbocycles. The van der Waals surface area contributed by atoms with Crippen LogP contribution >= 0.6 is 0 Å². The Morgan fingerprint density at radius 2 is 2.25 bits per heavy atom. The third-order valence-corrected chi connectivity index (χ3v) is 2.28. The molecule has 0 spiro atoms. The second-order valence-corrected chi connectivity index (χ2v) is 3.31. The lowest BCUT2D eigenvalue weighted by molar-refractivity contribution is 0.281. The summed E-state index contributed by atoms with van der Waals surface area (Å²) in [6.07, 6.45) is 0. The van der Waals surface area contributed by atoms with Crippen LogP contribution in [0.2, 0.25) is 0 Å². The average Bonchev–Trinajstić information content (AvgIpc) is 2.28. The summed E-state index contributed by atoms with van der Waals surface area (Å²) in [5.74, 6) is 0.618. The molecule has 0 atom stereocenters. The Hall–Kier alpha value is -1.81. The van der Waals surface area contributed by atoms with Gasteiger partial charge in [-0.15, -0.1) is 0 Å².